The van der Waals surface area contributed by atoms with E-state index in [1.54, 1.807) is 54.6 Å². The average molecular weight is 405 g/mol. The smallest absolute Gasteiger partial charge is 0.268 e. The molecule has 0 radical (unpaired) electrons. The molecule has 1 fully saturated rings. The average Bonchev–Trinajstić information content (AvgIpc) is 2.75. The zero-order valence-corrected chi connectivity index (χ0v) is 17.1. The van der Waals surface area contributed by atoms with Crippen LogP contribution >= 0.6 is 0 Å². The van der Waals surface area contributed by atoms with Gasteiger partial charge in [-0.25, -0.2) is 0 Å². The minimum Gasteiger partial charge on any atom is -0.348 e. The van der Waals surface area contributed by atoms with E-state index in [-0.39, 0.29) is 29.5 Å². The van der Waals surface area contributed by atoms with Gasteiger partial charge in [0.25, 0.3) is 11.8 Å². The summed E-state index contributed by atoms with van der Waals surface area (Å²) < 4.78 is 0. The van der Waals surface area contributed by atoms with Crippen molar-refractivity contribution in [1.82, 2.24) is 10.6 Å². The van der Waals surface area contributed by atoms with Crippen molar-refractivity contribution in [2.24, 2.45) is 0 Å². The quantitative estimate of drug-likeness (QED) is 0.638. The Morgan fingerprint density at radius 1 is 0.900 bits per heavy atom. The van der Waals surface area contributed by atoms with E-state index in [9.17, 15) is 14.4 Å². The second kappa shape index (κ2) is 10.4. The zero-order valence-electron chi connectivity index (χ0n) is 17.1. The maximum absolute atomic E-state index is 12.9. The van der Waals surface area contributed by atoms with Gasteiger partial charge in [-0.15, -0.1) is 0 Å². The van der Waals surface area contributed by atoms with Crippen LogP contribution in [-0.2, 0) is 9.59 Å². The van der Waals surface area contributed by atoms with Gasteiger partial charge in [-0.05, 0) is 48.7 Å². The van der Waals surface area contributed by atoms with Gasteiger partial charge in [-0.1, -0.05) is 49.6 Å². The van der Waals surface area contributed by atoms with Crippen molar-refractivity contribution in [3.8, 4) is 0 Å². The van der Waals surface area contributed by atoms with Crippen LogP contribution in [0.2, 0.25) is 0 Å². The van der Waals surface area contributed by atoms with Crippen LogP contribution in [0, 0.1) is 0 Å². The number of carbonyl (C=O) groups excluding carboxylic acids is 3. The summed E-state index contributed by atoms with van der Waals surface area (Å²) in [5.41, 5.74) is 2.09. The van der Waals surface area contributed by atoms with Crippen molar-refractivity contribution in [2.45, 2.75) is 45.1 Å². The first-order valence-electron chi connectivity index (χ1n) is 10.3. The fourth-order valence-corrected chi connectivity index (χ4v) is 3.49. The van der Waals surface area contributed by atoms with Gasteiger partial charge in [-0.2, -0.15) is 0 Å². The zero-order chi connectivity index (χ0) is 21.3. The molecule has 156 valence electrons. The van der Waals surface area contributed by atoms with E-state index in [0.717, 1.165) is 31.2 Å². The minimum atomic E-state index is -0.337. The first-order chi connectivity index (χ1) is 14.5. The maximum Gasteiger partial charge on any atom is 0.268 e. The Morgan fingerprint density at radius 3 is 2.20 bits per heavy atom. The van der Waals surface area contributed by atoms with Crippen LogP contribution in [0.4, 0.5) is 5.69 Å². The fraction of sp³-hybridized carbons (Fsp3) is 0.292. The number of hydrogen-bond acceptors (Lipinski definition) is 3. The number of hydrogen-bond donors (Lipinski definition) is 3. The molecule has 0 heterocycles. The first kappa shape index (κ1) is 21.3. The monoisotopic (exact) mass is 405 g/mol. The summed E-state index contributed by atoms with van der Waals surface area (Å²) in [4.78, 5) is 36.8. The van der Waals surface area contributed by atoms with Crippen molar-refractivity contribution in [3.63, 3.8) is 0 Å². The summed E-state index contributed by atoms with van der Waals surface area (Å²) in [6, 6.07) is 16.0. The molecule has 6 heteroatoms. The van der Waals surface area contributed by atoms with Crippen molar-refractivity contribution in [3.05, 3.63) is 71.4 Å². The van der Waals surface area contributed by atoms with E-state index >= 15 is 0 Å². The molecule has 0 spiro atoms. The Hall–Kier alpha value is -3.41. The third-order valence-electron chi connectivity index (χ3n) is 5.01. The third kappa shape index (κ3) is 6.30. The topological polar surface area (TPSA) is 87.3 Å². The minimum absolute atomic E-state index is 0.130. The van der Waals surface area contributed by atoms with E-state index in [2.05, 4.69) is 16.0 Å². The predicted octanol–water partition coefficient (Wildman–Crippen LogP) is 3.86. The number of nitrogens with one attached hydrogen (secondary N) is 3. The van der Waals surface area contributed by atoms with Crippen LogP contribution in [0.1, 0.15) is 54.9 Å². The van der Waals surface area contributed by atoms with Gasteiger partial charge in [0.15, 0.2) is 0 Å². The molecule has 1 aliphatic carbocycles. The highest BCUT2D eigenvalue weighted by Crippen LogP contribution is 2.18. The van der Waals surface area contributed by atoms with E-state index in [0.29, 0.717) is 11.3 Å². The first-order valence-corrected chi connectivity index (χ1v) is 10.3. The Balaban J connectivity index is 1.80. The summed E-state index contributed by atoms with van der Waals surface area (Å²) in [5, 5.41) is 8.52. The van der Waals surface area contributed by atoms with Crippen LogP contribution in [-0.4, -0.2) is 23.8 Å². The fourth-order valence-electron chi connectivity index (χ4n) is 3.49. The van der Waals surface area contributed by atoms with Gasteiger partial charge < -0.3 is 16.0 Å². The Kier molecular flexibility index (Phi) is 7.38. The summed E-state index contributed by atoms with van der Waals surface area (Å²) >= 11 is 0. The molecule has 1 saturated carbocycles. The molecule has 0 saturated heterocycles. The van der Waals surface area contributed by atoms with Gasteiger partial charge in [0.05, 0.1) is 0 Å². The summed E-state index contributed by atoms with van der Waals surface area (Å²) in [6.45, 7) is 1.45. The maximum atomic E-state index is 12.9. The number of anilines is 1. The second-order valence-electron chi connectivity index (χ2n) is 7.49. The summed E-state index contributed by atoms with van der Waals surface area (Å²) in [6.07, 6.45) is 6.96. The molecule has 3 rings (SSSR count). The highest BCUT2D eigenvalue weighted by atomic mass is 16.2. The molecule has 1 aliphatic rings. The van der Waals surface area contributed by atoms with Crippen molar-refractivity contribution >= 4 is 29.5 Å². The van der Waals surface area contributed by atoms with Crippen molar-refractivity contribution < 1.29 is 14.4 Å². The van der Waals surface area contributed by atoms with Gasteiger partial charge in [0, 0.05) is 24.2 Å². The Labute approximate surface area is 176 Å². The molecule has 3 N–H and O–H groups in total. The number of carbonyl (C=O) groups is 3. The van der Waals surface area contributed by atoms with Gasteiger partial charge in [0.2, 0.25) is 5.91 Å². The van der Waals surface area contributed by atoms with E-state index in [1.165, 1.54) is 13.3 Å². The second-order valence-corrected chi connectivity index (χ2v) is 7.49. The lowest BCUT2D eigenvalue weighted by molar-refractivity contribution is -0.118. The molecule has 0 unspecified atom stereocenters. The Bertz CT molecular complexity index is 914. The molecule has 2 aromatic rings. The lowest BCUT2D eigenvalue weighted by atomic mass is 9.95. The SMILES string of the molecule is CC(=O)Nc1ccc(/C=C(/NC(=O)c2ccccc2)C(=O)NC2CCCCC2)cc1. The van der Waals surface area contributed by atoms with Crippen LogP contribution in [0.3, 0.4) is 0 Å². The summed E-state index contributed by atoms with van der Waals surface area (Å²) in [7, 11) is 0. The van der Waals surface area contributed by atoms with Crippen molar-refractivity contribution in [2.75, 3.05) is 5.32 Å². The molecule has 0 bridgehead atoms. The van der Waals surface area contributed by atoms with Crippen LogP contribution in [0.25, 0.3) is 6.08 Å². The molecule has 0 atom stereocenters. The highest BCUT2D eigenvalue weighted by molar-refractivity contribution is 6.05. The molecule has 0 aliphatic heterocycles. The molecular formula is C24H27N3O3. The Morgan fingerprint density at radius 2 is 1.57 bits per heavy atom. The molecule has 3 amide bonds. The van der Waals surface area contributed by atoms with Crippen LogP contribution in [0.15, 0.2) is 60.3 Å². The van der Waals surface area contributed by atoms with Gasteiger partial charge >= 0.3 is 0 Å². The number of amides is 3. The predicted molar refractivity (Wildman–Crippen MR) is 118 cm³/mol. The van der Waals surface area contributed by atoms with E-state index in [1.807, 2.05) is 6.07 Å². The van der Waals surface area contributed by atoms with Crippen molar-refractivity contribution in [1.29, 1.82) is 0 Å². The molecular weight excluding hydrogens is 378 g/mol. The summed E-state index contributed by atoms with van der Waals surface area (Å²) in [5.74, 6) is -0.784. The highest BCUT2D eigenvalue weighted by Gasteiger charge is 2.20. The molecule has 6 nitrogen and oxygen atoms in total. The lowest BCUT2D eigenvalue weighted by Crippen LogP contribution is -2.41. The largest absolute Gasteiger partial charge is 0.348 e. The number of rotatable bonds is 6. The van der Waals surface area contributed by atoms with Gasteiger partial charge in [0.1, 0.15) is 5.70 Å². The van der Waals surface area contributed by atoms with E-state index in [4.69, 9.17) is 0 Å². The lowest BCUT2D eigenvalue weighted by Gasteiger charge is -2.23. The molecule has 0 aromatic heterocycles. The normalized spacial score (nSPS) is 14.6. The van der Waals surface area contributed by atoms with Crippen LogP contribution in [0.5, 0.6) is 0 Å². The van der Waals surface area contributed by atoms with Crippen LogP contribution < -0.4 is 16.0 Å². The molecule has 30 heavy (non-hydrogen) atoms. The number of benzene rings is 2. The standard InChI is InChI=1S/C24H27N3O3/c1-17(28)25-21-14-12-18(13-15-21)16-22(24(30)26-20-10-6-3-7-11-20)27-23(29)19-8-4-2-5-9-19/h2,4-5,8-9,12-16,20H,3,6-7,10-11H2,1H3,(H,25,28)(H,26,30)(H,27,29)/b22-16+. The van der Waals surface area contributed by atoms with Gasteiger partial charge in [-0.3, -0.25) is 14.4 Å². The van der Waals surface area contributed by atoms with E-state index < -0.39 is 0 Å². The third-order valence-corrected chi connectivity index (χ3v) is 5.01. The molecule has 2 aromatic carbocycles.